The van der Waals surface area contributed by atoms with Gasteiger partial charge in [-0.15, -0.1) is 0 Å². The van der Waals surface area contributed by atoms with Gasteiger partial charge in [0.25, 0.3) is 5.91 Å². The lowest BCUT2D eigenvalue weighted by Crippen LogP contribution is -2.53. The predicted octanol–water partition coefficient (Wildman–Crippen LogP) is 2.73. The average molecular weight is 364 g/mol. The van der Waals surface area contributed by atoms with Crippen molar-refractivity contribution in [2.75, 3.05) is 31.1 Å². The zero-order valence-electron chi connectivity index (χ0n) is 15.8. The number of rotatable bonds is 2. The van der Waals surface area contributed by atoms with E-state index in [1.807, 2.05) is 23.1 Å². The van der Waals surface area contributed by atoms with E-state index < -0.39 is 12.1 Å². The Morgan fingerprint density at radius 3 is 2.52 bits per heavy atom. The highest BCUT2D eigenvalue weighted by molar-refractivity contribution is 5.95. The number of esters is 1. The van der Waals surface area contributed by atoms with Crippen LogP contribution in [0.4, 0.5) is 5.69 Å². The van der Waals surface area contributed by atoms with E-state index in [0.29, 0.717) is 25.1 Å². The normalized spacial score (nSPS) is 19.5. The molecule has 0 spiro atoms. The molecule has 1 atom stereocenters. The molecule has 5 heteroatoms. The molecule has 0 N–H and O–H groups in total. The Hall–Kier alpha value is -2.82. The standard InChI is InChI=1S/C22H24N2O3/c1-15-6-5-9-19(16(15)2)23-10-12-24(13-11-23)21(25)20-14-17-7-3-4-8-18(17)22(26)27-20/h3-9,20H,10-14H2,1-2H3/t20-/m0/s1. The monoisotopic (exact) mass is 364 g/mol. The lowest BCUT2D eigenvalue weighted by Gasteiger charge is -2.38. The summed E-state index contributed by atoms with van der Waals surface area (Å²) in [5.74, 6) is -0.484. The summed E-state index contributed by atoms with van der Waals surface area (Å²) in [6.07, 6.45) is -0.252. The Kier molecular flexibility index (Phi) is 4.60. The summed E-state index contributed by atoms with van der Waals surface area (Å²) in [6, 6.07) is 13.7. The molecule has 2 aliphatic heterocycles. The van der Waals surface area contributed by atoms with E-state index in [4.69, 9.17) is 4.74 Å². The number of hydrogen-bond acceptors (Lipinski definition) is 4. The van der Waals surface area contributed by atoms with Crippen LogP contribution in [0.25, 0.3) is 0 Å². The highest BCUT2D eigenvalue weighted by atomic mass is 16.5. The summed E-state index contributed by atoms with van der Waals surface area (Å²) in [5.41, 5.74) is 5.26. The molecule has 2 heterocycles. The molecule has 2 aromatic rings. The Morgan fingerprint density at radius 1 is 1.00 bits per heavy atom. The molecule has 0 saturated carbocycles. The lowest BCUT2D eigenvalue weighted by atomic mass is 9.98. The second-order valence-electron chi connectivity index (χ2n) is 7.29. The van der Waals surface area contributed by atoms with Crippen molar-refractivity contribution < 1.29 is 14.3 Å². The van der Waals surface area contributed by atoms with Gasteiger partial charge in [-0.1, -0.05) is 30.3 Å². The molecule has 5 nitrogen and oxygen atoms in total. The topological polar surface area (TPSA) is 49.9 Å². The van der Waals surface area contributed by atoms with Gasteiger partial charge in [0.15, 0.2) is 6.10 Å². The zero-order valence-corrected chi connectivity index (χ0v) is 15.8. The number of carbonyl (C=O) groups excluding carboxylic acids is 2. The van der Waals surface area contributed by atoms with Gasteiger partial charge in [-0.3, -0.25) is 4.79 Å². The summed E-state index contributed by atoms with van der Waals surface area (Å²) in [6.45, 7) is 7.11. The van der Waals surface area contributed by atoms with Crippen molar-refractivity contribution in [2.45, 2.75) is 26.4 Å². The Balaban J connectivity index is 1.42. The first kappa shape index (κ1) is 17.6. The largest absolute Gasteiger partial charge is 0.448 e. The van der Waals surface area contributed by atoms with Crippen molar-refractivity contribution in [3.63, 3.8) is 0 Å². The van der Waals surface area contributed by atoms with E-state index in [1.165, 1.54) is 16.8 Å². The molecular weight excluding hydrogens is 340 g/mol. The van der Waals surface area contributed by atoms with E-state index in [1.54, 1.807) is 6.07 Å². The quantitative estimate of drug-likeness (QED) is 0.769. The van der Waals surface area contributed by atoms with Crippen LogP contribution in [-0.2, 0) is 16.0 Å². The number of fused-ring (bicyclic) bond motifs is 1. The minimum Gasteiger partial charge on any atom is -0.448 e. The molecule has 0 radical (unpaired) electrons. The fourth-order valence-corrected chi connectivity index (χ4v) is 3.92. The summed E-state index contributed by atoms with van der Waals surface area (Å²) in [4.78, 5) is 29.2. The summed E-state index contributed by atoms with van der Waals surface area (Å²) < 4.78 is 5.43. The molecule has 1 fully saturated rings. The smallest absolute Gasteiger partial charge is 0.339 e. The number of ether oxygens (including phenoxy) is 1. The molecule has 27 heavy (non-hydrogen) atoms. The van der Waals surface area contributed by atoms with Crippen LogP contribution in [0.15, 0.2) is 42.5 Å². The minimum absolute atomic E-state index is 0.0848. The first-order valence-corrected chi connectivity index (χ1v) is 9.43. The average Bonchev–Trinajstić information content (AvgIpc) is 2.70. The molecular formula is C22H24N2O3. The molecule has 1 amide bonds. The number of carbonyl (C=O) groups is 2. The SMILES string of the molecule is Cc1cccc(N2CCN(C(=O)[C@@H]3Cc4ccccc4C(=O)O3)CC2)c1C. The minimum atomic E-state index is -0.709. The third-order valence-corrected chi connectivity index (χ3v) is 5.68. The molecule has 140 valence electrons. The highest BCUT2D eigenvalue weighted by Gasteiger charge is 2.35. The zero-order chi connectivity index (χ0) is 19.0. The second kappa shape index (κ2) is 7.06. The van der Waals surface area contributed by atoms with Gasteiger partial charge in [-0.2, -0.15) is 0 Å². The maximum absolute atomic E-state index is 12.9. The number of amides is 1. The lowest BCUT2D eigenvalue weighted by molar-refractivity contribution is -0.141. The van der Waals surface area contributed by atoms with Crippen molar-refractivity contribution in [1.82, 2.24) is 4.90 Å². The fourth-order valence-electron chi connectivity index (χ4n) is 3.92. The fraction of sp³-hybridized carbons (Fsp3) is 0.364. The number of cyclic esters (lactones) is 1. The number of benzene rings is 2. The van der Waals surface area contributed by atoms with Crippen molar-refractivity contribution in [1.29, 1.82) is 0 Å². The summed E-state index contributed by atoms with van der Waals surface area (Å²) in [5, 5.41) is 0. The second-order valence-corrected chi connectivity index (χ2v) is 7.29. The van der Waals surface area contributed by atoms with Gasteiger partial charge in [0, 0.05) is 38.3 Å². The number of nitrogens with zero attached hydrogens (tertiary/aromatic N) is 2. The van der Waals surface area contributed by atoms with Gasteiger partial charge in [-0.25, -0.2) is 4.79 Å². The summed E-state index contributed by atoms with van der Waals surface area (Å²) in [7, 11) is 0. The van der Waals surface area contributed by atoms with Crippen molar-refractivity contribution in [2.24, 2.45) is 0 Å². The molecule has 2 aliphatic rings. The van der Waals surface area contributed by atoms with E-state index in [2.05, 4.69) is 36.9 Å². The van der Waals surface area contributed by atoms with Gasteiger partial charge in [0.2, 0.25) is 0 Å². The third kappa shape index (κ3) is 3.29. The van der Waals surface area contributed by atoms with Crippen molar-refractivity contribution in [3.05, 3.63) is 64.7 Å². The number of piperazine rings is 1. The molecule has 0 aromatic heterocycles. The highest BCUT2D eigenvalue weighted by Crippen LogP contribution is 2.25. The molecule has 0 bridgehead atoms. The molecule has 4 rings (SSSR count). The van der Waals surface area contributed by atoms with Crippen LogP contribution < -0.4 is 4.90 Å². The van der Waals surface area contributed by atoms with E-state index in [9.17, 15) is 9.59 Å². The first-order chi connectivity index (χ1) is 13.0. The van der Waals surface area contributed by atoms with Crippen molar-refractivity contribution in [3.8, 4) is 0 Å². The first-order valence-electron chi connectivity index (χ1n) is 9.43. The van der Waals surface area contributed by atoms with Crippen LogP contribution in [0.5, 0.6) is 0 Å². The van der Waals surface area contributed by atoms with Gasteiger partial charge >= 0.3 is 5.97 Å². The van der Waals surface area contributed by atoms with Crippen LogP contribution >= 0.6 is 0 Å². The Morgan fingerprint density at radius 2 is 1.74 bits per heavy atom. The predicted molar refractivity (Wildman–Crippen MR) is 104 cm³/mol. The number of hydrogen-bond donors (Lipinski definition) is 0. The molecule has 1 saturated heterocycles. The molecule has 0 unspecified atom stereocenters. The van der Waals surface area contributed by atoms with Crippen molar-refractivity contribution >= 4 is 17.6 Å². The van der Waals surface area contributed by atoms with Gasteiger partial charge in [0.05, 0.1) is 5.56 Å². The maximum Gasteiger partial charge on any atom is 0.339 e. The summed E-state index contributed by atoms with van der Waals surface area (Å²) >= 11 is 0. The van der Waals surface area contributed by atoms with Gasteiger partial charge < -0.3 is 14.5 Å². The maximum atomic E-state index is 12.9. The van der Waals surface area contributed by atoms with E-state index >= 15 is 0 Å². The van der Waals surface area contributed by atoms with E-state index in [-0.39, 0.29) is 5.91 Å². The molecule has 0 aliphatic carbocycles. The van der Waals surface area contributed by atoms with Gasteiger partial charge in [0.1, 0.15) is 0 Å². The van der Waals surface area contributed by atoms with Crippen LogP contribution in [-0.4, -0.2) is 49.1 Å². The molecule has 2 aromatic carbocycles. The third-order valence-electron chi connectivity index (χ3n) is 5.68. The van der Waals surface area contributed by atoms with Crippen LogP contribution in [0.3, 0.4) is 0 Å². The van der Waals surface area contributed by atoms with Crippen LogP contribution in [0, 0.1) is 13.8 Å². The van der Waals surface area contributed by atoms with Gasteiger partial charge in [-0.05, 0) is 42.7 Å². The number of anilines is 1. The Bertz CT molecular complexity index is 885. The van der Waals surface area contributed by atoms with Crippen LogP contribution in [0.1, 0.15) is 27.0 Å². The van der Waals surface area contributed by atoms with Crippen LogP contribution in [0.2, 0.25) is 0 Å². The number of aryl methyl sites for hydroxylation is 1. The van der Waals surface area contributed by atoms with E-state index in [0.717, 1.165) is 18.7 Å². The Labute approximate surface area is 159 Å².